The topological polar surface area (TPSA) is 66.5 Å². The van der Waals surface area contributed by atoms with Gasteiger partial charge in [0.1, 0.15) is 0 Å². The van der Waals surface area contributed by atoms with E-state index in [1.807, 2.05) is 0 Å². The summed E-state index contributed by atoms with van der Waals surface area (Å²) < 4.78 is 24.5. The highest BCUT2D eigenvalue weighted by atomic mass is 35.5. The number of carbonyl (C=O) groups is 1. The maximum atomic E-state index is 11.7. The van der Waals surface area contributed by atoms with Gasteiger partial charge in [-0.15, -0.1) is 11.6 Å². The molecular formula is C9H19ClN2O3S. The van der Waals surface area contributed by atoms with Gasteiger partial charge in [0, 0.05) is 19.5 Å². The number of sulfonamides is 1. The summed E-state index contributed by atoms with van der Waals surface area (Å²) in [7, 11) is -2.00. The summed E-state index contributed by atoms with van der Waals surface area (Å²) in [6.45, 7) is 3.88. The van der Waals surface area contributed by atoms with Gasteiger partial charge in [0.05, 0.1) is 12.3 Å². The van der Waals surface area contributed by atoms with Crippen LogP contribution >= 0.6 is 11.6 Å². The molecule has 0 bridgehead atoms. The molecule has 0 aliphatic rings. The van der Waals surface area contributed by atoms with Crippen LogP contribution in [0, 0.1) is 5.92 Å². The highest BCUT2D eigenvalue weighted by Gasteiger charge is 2.22. The van der Waals surface area contributed by atoms with Crippen LogP contribution in [0.25, 0.3) is 0 Å². The molecule has 0 heterocycles. The van der Waals surface area contributed by atoms with Crippen LogP contribution in [0.15, 0.2) is 0 Å². The normalized spacial score (nSPS) is 13.8. The third kappa shape index (κ3) is 5.67. The minimum atomic E-state index is -3.40. The molecule has 7 heteroatoms. The SMILES string of the molecule is CCNC(=O)CN(C)S(=O)(=O)CC(C)CCl. The fourth-order valence-corrected chi connectivity index (χ4v) is 2.73. The van der Waals surface area contributed by atoms with Gasteiger partial charge in [-0.05, 0) is 12.8 Å². The van der Waals surface area contributed by atoms with Crippen molar-refractivity contribution in [1.29, 1.82) is 0 Å². The van der Waals surface area contributed by atoms with Crippen LogP contribution in [0.3, 0.4) is 0 Å². The number of halogens is 1. The Labute approximate surface area is 102 Å². The number of nitrogens with one attached hydrogen (secondary N) is 1. The third-order valence-corrected chi connectivity index (χ3v) is 4.57. The van der Waals surface area contributed by atoms with E-state index in [4.69, 9.17) is 11.6 Å². The van der Waals surface area contributed by atoms with Gasteiger partial charge in [0.25, 0.3) is 0 Å². The smallest absolute Gasteiger partial charge is 0.235 e. The minimum Gasteiger partial charge on any atom is -0.355 e. The summed E-state index contributed by atoms with van der Waals surface area (Å²) in [5.74, 6) is -0.170. The zero-order valence-electron chi connectivity index (χ0n) is 9.86. The van der Waals surface area contributed by atoms with E-state index in [1.54, 1.807) is 13.8 Å². The lowest BCUT2D eigenvalue weighted by atomic mass is 10.3. The first-order chi connectivity index (χ1) is 7.33. The highest BCUT2D eigenvalue weighted by Crippen LogP contribution is 2.06. The monoisotopic (exact) mass is 270 g/mol. The second-order valence-electron chi connectivity index (χ2n) is 3.75. The molecule has 1 atom stereocenters. The first-order valence-corrected chi connectivity index (χ1v) is 7.24. The molecule has 16 heavy (non-hydrogen) atoms. The molecule has 96 valence electrons. The fraction of sp³-hybridized carbons (Fsp3) is 0.889. The number of amides is 1. The molecule has 0 fully saturated rings. The Morgan fingerprint density at radius 1 is 1.50 bits per heavy atom. The number of likely N-dealkylation sites (N-methyl/N-ethyl adjacent to an activating group) is 2. The molecule has 0 saturated carbocycles. The molecule has 0 aliphatic carbocycles. The van der Waals surface area contributed by atoms with Crippen molar-refractivity contribution in [2.45, 2.75) is 13.8 Å². The van der Waals surface area contributed by atoms with E-state index in [9.17, 15) is 13.2 Å². The summed E-state index contributed by atoms with van der Waals surface area (Å²) in [5, 5.41) is 2.54. The third-order valence-electron chi connectivity index (χ3n) is 1.97. The van der Waals surface area contributed by atoms with Gasteiger partial charge in [0.2, 0.25) is 15.9 Å². The molecule has 0 aromatic rings. The van der Waals surface area contributed by atoms with E-state index in [2.05, 4.69) is 5.32 Å². The molecule has 0 radical (unpaired) electrons. The average molecular weight is 271 g/mol. The largest absolute Gasteiger partial charge is 0.355 e. The Bertz CT molecular complexity index is 319. The summed E-state index contributed by atoms with van der Waals surface area (Å²) in [4.78, 5) is 11.2. The average Bonchev–Trinajstić information content (AvgIpc) is 2.17. The lowest BCUT2D eigenvalue weighted by Crippen LogP contribution is -2.40. The fourth-order valence-electron chi connectivity index (χ4n) is 1.08. The summed E-state index contributed by atoms with van der Waals surface area (Å²) >= 11 is 5.56. The van der Waals surface area contributed by atoms with Crippen molar-refractivity contribution >= 4 is 27.5 Å². The maximum absolute atomic E-state index is 11.7. The van der Waals surface area contributed by atoms with Crippen LogP contribution in [0.1, 0.15) is 13.8 Å². The molecule has 5 nitrogen and oxygen atoms in total. The minimum absolute atomic E-state index is 0.0353. The lowest BCUT2D eigenvalue weighted by Gasteiger charge is -2.18. The number of hydrogen-bond acceptors (Lipinski definition) is 3. The van der Waals surface area contributed by atoms with Crippen molar-refractivity contribution in [2.24, 2.45) is 5.92 Å². The van der Waals surface area contributed by atoms with Crippen molar-refractivity contribution < 1.29 is 13.2 Å². The molecular weight excluding hydrogens is 252 g/mol. The lowest BCUT2D eigenvalue weighted by molar-refractivity contribution is -0.121. The van der Waals surface area contributed by atoms with Crippen molar-refractivity contribution in [3.05, 3.63) is 0 Å². The van der Waals surface area contributed by atoms with E-state index >= 15 is 0 Å². The molecule has 0 aliphatic heterocycles. The highest BCUT2D eigenvalue weighted by molar-refractivity contribution is 7.89. The molecule has 1 amide bonds. The number of carbonyl (C=O) groups excluding carboxylic acids is 1. The Kier molecular flexibility index (Phi) is 6.94. The molecule has 1 N–H and O–H groups in total. The van der Waals surface area contributed by atoms with Gasteiger partial charge in [-0.1, -0.05) is 6.92 Å². The van der Waals surface area contributed by atoms with Crippen LogP contribution in [0.2, 0.25) is 0 Å². The molecule has 0 saturated heterocycles. The second-order valence-corrected chi connectivity index (χ2v) is 6.18. The zero-order chi connectivity index (χ0) is 12.8. The second kappa shape index (κ2) is 7.09. The van der Waals surface area contributed by atoms with Gasteiger partial charge < -0.3 is 5.32 Å². The van der Waals surface area contributed by atoms with Crippen LogP contribution in [-0.2, 0) is 14.8 Å². The molecule has 0 aromatic heterocycles. The van der Waals surface area contributed by atoms with E-state index in [0.717, 1.165) is 4.31 Å². The number of rotatable bonds is 7. The van der Waals surface area contributed by atoms with Crippen LogP contribution in [0.4, 0.5) is 0 Å². The summed E-state index contributed by atoms with van der Waals surface area (Å²) in [6, 6.07) is 0. The van der Waals surface area contributed by atoms with Crippen LogP contribution in [0.5, 0.6) is 0 Å². The van der Waals surface area contributed by atoms with Gasteiger partial charge in [0.15, 0.2) is 0 Å². The standard InChI is InChI=1S/C9H19ClN2O3S/c1-4-11-9(13)6-12(3)16(14,15)7-8(2)5-10/h8H,4-7H2,1-3H3,(H,11,13). The van der Waals surface area contributed by atoms with E-state index in [-0.39, 0.29) is 30.0 Å². The van der Waals surface area contributed by atoms with Crippen molar-refractivity contribution in [1.82, 2.24) is 9.62 Å². The zero-order valence-corrected chi connectivity index (χ0v) is 11.4. The van der Waals surface area contributed by atoms with Crippen LogP contribution < -0.4 is 5.32 Å². The van der Waals surface area contributed by atoms with E-state index in [0.29, 0.717) is 6.54 Å². The van der Waals surface area contributed by atoms with E-state index < -0.39 is 10.0 Å². The van der Waals surface area contributed by atoms with Gasteiger partial charge in [-0.3, -0.25) is 4.79 Å². The van der Waals surface area contributed by atoms with E-state index in [1.165, 1.54) is 7.05 Å². The van der Waals surface area contributed by atoms with Crippen molar-refractivity contribution in [3.63, 3.8) is 0 Å². The number of alkyl halides is 1. The van der Waals surface area contributed by atoms with Crippen molar-refractivity contribution in [3.8, 4) is 0 Å². The summed E-state index contributed by atoms with van der Waals surface area (Å²) in [5.41, 5.74) is 0. The maximum Gasteiger partial charge on any atom is 0.235 e. The Hall–Kier alpha value is -0.330. The molecule has 1 unspecified atom stereocenters. The molecule has 0 spiro atoms. The van der Waals surface area contributed by atoms with Gasteiger partial charge in [-0.2, -0.15) is 4.31 Å². The van der Waals surface area contributed by atoms with Gasteiger partial charge in [-0.25, -0.2) is 8.42 Å². The van der Waals surface area contributed by atoms with Gasteiger partial charge >= 0.3 is 0 Å². The quantitative estimate of drug-likeness (QED) is 0.675. The molecule has 0 aromatic carbocycles. The summed E-state index contributed by atoms with van der Waals surface area (Å²) in [6.07, 6.45) is 0. The predicted octanol–water partition coefficient (Wildman–Crippen LogP) is 0.259. The Morgan fingerprint density at radius 2 is 2.06 bits per heavy atom. The van der Waals surface area contributed by atoms with Crippen LogP contribution in [-0.4, -0.2) is 50.4 Å². The predicted molar refractivity (Wildman–Crippen MR) is 65.0 cm³/mol. The number of nitrogens with zero attached hydrogens (tertiary/aromatic N) is 1. The first kappa shape index (κ1) is 15.7. The Morgan fingerprint density at radius 3 is 2.50 bits per heavy atom. The Balaban J connectivity index is 4.35. The van der Waals surface area contributed by atoms with Crippen molar-refractivity contribution in [2.75, 3.05) is 31.8 Å². The molecule has 0 rings (SSSR count). The first-order valence-electron chi connectivity index (χ1n) is 5.10. The number of hydrogen-bond donors (Lipinski definition) is 1.